The third kappa shape index (κ3) is 8.78. The van der Waals surface area contributed by atoms with Gasteiger partial charge in [0.15, 0.2) is 5.78 Å². The fraction of sp³-hybridized carbons (Fsp3) is 0.600. The highest BCUT2D eigenvalue weighted by atomic mass is 16.6. The fourth-order valence-electron chi connectivity index (χ4n) is 4.26. The second-order valence-electron chi connectivity index (χ2n) is 9.81. The molecule has 0 spiro atoms. The molecule has 0 aliphatic heterocycles. The number of carbonyl (C=O) groups excluding carboxylic acids is 4. The Kier molecular flexibility index (Phi) is 10.0. The van der Waals surface area contributed by atoms with Gasteiger partial charge in [0.25, 0.3) is 0 Å². The lowest BCUT2D eigenvalue weighted by Crippen LogP contribution is -2.57. The van der Waals surface area contributed by atoms with Crippen molar-refractivity contribution in [1.29, 1.82) is 0 Å². The summed E-state index contributed by atoms with van der Waals surface area (Å²) in [6.07, 6.45) is 3.01. The molecule has 1 unspecified atom stereocenters. The lowest BCUT2D eigenvalue weighted by molar-refractivity contribution is -0.147. The summed E-state index contributed by atoms with van der Waals surface area (Å²) in [4.78, 5) is 50.5. The smallest absolute Gasteiger partial charge is 0.408 e. The summed E-state index contributed by atoms with van der Waals surface area (Å²) in [5, 5.41) is 2.48. The second-order valence-corrected chi connectivity index (χ2v) is 9.81. The number of nitrogens with one attached hydrogen (secondary N) is 1. The Hall–Kier alpha value is -2.94. The Morgan fingerprint density at radius 1 is 1.06 bits per heavy atom. The van der Waals surface area contributed by atoms with Crippen LogP contribution in [0.25, 0.3) is 0 Å². The van der Waals surface area contributed by atoms with Gasteiger partial charge in [-0.15, -0.1) is 0 Å². The van der Waals surface area contributed by atoms with E-state index in [1.54, 1.807) is 20.8 Å². The number of Topliss-reactive ketones (excluding diaryl/α,β-unsaturated/α-hetero) is 1. The van der Waals surface area contributed by atoms with Gasteiger partial charge in [0.2, 0.25) is 5.91 Å². The third-order valence-corrected chi connectivity index (χ3v) is 5.82. The van der Waals surface area contributed by atoms with Gasteiger partial charge in [0, 0.05) is 0 Å². The topological polar surface area (TPSA) is 151 Å². The Morgan fingerprint density at radius 3 is 2.24 bits per heavy atom. The SMILES string of the molecule is CC(C)(C)OC(=O)N[C@H](C(N)=O)C(C(=O)[C@@H](N)CC(=O)OCc1ccccc1)C1CCCCC1. The van der Waals surface area contributed by atoms with Crippen LogP contribution in [0.2, 0.25) is 0 Å². The number of benzene rings is 1. The summed E-state index contributed by atoms with van der Waals surface area (Å²) < 4.78 is 10.5. The zero-order chi connectivity index (χ0) is 25.3. The van der Waals surface area contributed by atoms with Gasteiger partial charge in [-0.1, -0.05) is 49.6 Å². The molecular weight excluding hydrogens is 438 g/mol. The fourth-order valence-corrected chi connectivity index (χ4v) is 4.26. The molecule has 1 aliphatic rings. The maximum Gasteiger partial charge on any atom is 0.408 e. The number of esters is 1. The normalized spacial score (nSPS) is 17.2. The van der Waals surface area contributed by atoms with Crippen LogP contribution in [0.3, 0.4) is 0 Å². The number of primary amides is 1. The summed E-state index contributed by atoms with van der Waals surface area (Å²) in [5.41, 5.74) is 11.7. The molecule has 2 rings (SSSR count). The molecule has 1 aliphatic carbocycles. The van der Waals surface area contributed by atoms with Crippen molar-refractivity contribution in [3.63, 3.8) is 0 Å². The number of carbonyl (C=O) groups is 4. The van der Waals surface area contributed by atoms with Crippen molar-refractivity contribution in [3.05, 3.63) is 35.9 Å². The molecule has 34 heavy (non-hydrogen) atoms. The van der Waals surface area contributed by atoms with E-state index < -0.39 is 47.4 Å². The highest BCUT2D eigenvalue weighted by Gasteiger charge is 2.42. The summed E-state index contributed by atoms with van der Waals surface area (Å²) >= 11 is 0. The number of hydrogen-bond acceptors (Lipinski definition) is 7. The van der Waals surface area contributed by atoms with Crippen molar-refractivity contribution in [2.75, 3.05) is 0 Å². The molecule has 0 heterocycles. The van der Waals surface area contributed by atoms with Gasteiger partial charge in [-0.05, 0) is 45.1 Å². The monoisotopic (exact) mass is 475 g/mol. The van der Waals surface area contributed by atoms with Crippen LogP contribution in [0.15, 0.2) is 30.3 Å². The molecule has 2 amide bonds. The second kappa shape index (κ2) is 12.5. The van der Waals surface area contributed by atoms with Crippen molar-refractivity contribution < 1.29 is 28.7 Å². The maximum absolute atomic E-state index is 13.4. The summed E-state index contributed by atoms with van der Waals surface area (Å²) in [7, 11) is 0. The first-order valence-corrected chi connectivity index (χ1v) is 11.8. The van der Waals surface area contributed by atoms with Crippen LogP contribution in [0, 0.1) is 11.8 Å². The number of amides is 2. The van der Waals surface area contributed by atoms with Gasteiger partial charge in [-0.3, -0.25) is 14.4 Å². The van der Waals surface area contributed by atoms with E-state index in [0.717, 1.165) is 24.8 Å². The van der Waals surface area contributed by atoms with Gasteiger partial charge in [0.1, 0.15) is 18.2 Å². The van der Waals surface area contributed by atoms with Crippen LogP contribution in [0.4, 0.5) is 4.79 Å². The van der Waals surface area contributed by atoms with Crippen LogP contribution in [-0.4, -0.2) is 41.4 Å². The van der Waals surface area contributed by atoms with Crippen molar-refractivity contribution >= 4 is 23.8 Å². The van der Waals surface area contributed by atoms with Crippen molar-refractivity contribution in [2.45, 2.75) is 83.6 Å². The quantitative estimate of drug-likeness (QED) is 0.440. The van der Waals surface area contributed by atoms with Gasteiger partial charge in [-0.2, -0.15) is 0 Å². The molecular formula is C25H37N3O6. The van der Waals surface area contributed by atoms with E-state index >= 15 is 0 Å². The van der Waals surface area contributed by atoms with E-state index in [9.17, 15) is 19.2 Å². The molecule has 1 aromatic rings. The first-order chi connectivity index (χ1) is 16.0. The van der Waals surface area contributed by atoms with E-state index in [0.29, 0.717) is 12.8 Å². The maximum atomic E-state index is 13.4. The van der Waals surface area contributed by atoms with Gasteiger partial charge in [0.05, 0.1) is 18.4 Å². The molecule has 9 heteroatoms. The molecule has 1 saturated carbocycles. The highest BCUT2D eigenvalue weighted by Crippen LogP contribution is 2.33. The summed E-state index contributed by atoms with van der Waals surface area (Å²) in [5.74, 6) is -3.12. The Bertz CT molecular complexity index is 846. The molecule has 9 nitrogen and oxygen atoms in total. The van der Waals surface area contributed by atoms with Crippen LogP contribution in [0.1, 0.15) is 64.9 Å². The van der Waals surface area contributed by atoms with E-state index in [1.807, 2.05) is 30.3 Å². The lowest BCUT2D eigenvalue weighted by atomic mass is 9.72. The minimum absolute atomic E-state index is 0.0662. The van der Waals surface area contributed by atoms with E-state index in [4.69, 9.17) is 20.9 Å². The molecule has 1 fully saturated rings. The Morgan fingerprint density at radius 2 is 1.68 bits per heavy atom. The average molecular weight is 476 g/mol. The number of ether oxygens (including phenoxy) is 2. The number of rotatable bonds is 10. The van der Waals surface area contributed by atoms with E-state index in [2.05, 4.69) is 5.32 Å². The molecule has 1 aromatic carbocycles. The number of alkyl carbamates (subject to hydrolysis) is 1. The Labute approximate surface area is 200 Å². The minimum atomic E-state index is -1.29. The van der Waals surface area contributed by atoms with Crippen molar-refractivity contribution in [1.82, 2.24) is 5.32 Å². The molecule has 0 radical (unpaired) electrons. The van der Waals surface area contributed by atoms with Crippen LogP contribution < -0.4 is 16.8 Å². The molecule has 5 N–H and O–H groups in total. The van der Waals surface area contributed by atoms with E-state index in [1.165, 1.54) is 0 Å². The molecule has 188 valence electrons. The summed E-state index contributed by atoms with van der Waals surface area (Å²) in [6, 6.07) is 6.65. The lowest BCUT2D eigenvalue weighted by Gasteiger charge is -2.35. The van der Waals surface area contributed by atoms with Crippen LogP contribution in [0.5, 0.6) is 0 Å². The highest BCUT2D eigenvalue weighted by molar-refractivity contribution is 5.96. The predicted molar refractivity (Wildman–Crippen MR) is 126 cm³/mol. The van der Waals surface area contributed by atoms with Crippen molar-refractivity contribution in [3.8, 4) is 0 Å². The molecule has 3 atom stereocenters. The Balaban J connectivity index is 2.13. The number of ketones is 1. The van der Waals surface area contributed by atoms with Crippen LogP contribution in [-0.2, 0) is 30.5 Å². The third-order valence-electron chi connectivity index (χ3n) is 5.82. The predicted octanol–water partition coefficient (Wildman–Crippen LogP) is 2.59. The van der Waals surface area contributed by atoms with Gasteiger partial charge in [-0.25, -0.2) is 4.79 Å². The zero-order valence-electron chi connectivity index (χ0n) is 20.3. The largest absolute Gasteiger partial charge is 0.461 e. The molecule has 0 aromatic heterocycles. The first-order valence-electron chi connectivity index (χ1n) is 11.8. The number of nitrogens with two attached hydrogens (primary N) is 2. The van der Waals surface area contributed by atoms with Crippen LogP contribution >= 0.6 is 0 Å². The minimum Gasteiger partial charge on any atom is -0.461 e. The molecule has 0 saturated heterocycles. The summed E-state index contributed by atoms with van der Waals surface area (Å²) in [6.45, 7) is 5.13. The van der Waals surface area contributed by atoms with Crippen molar-refractivity contribution in [2.24, 2.45) is 23.3 Å². The first kappa shape index (κ1) is 27.3. The van der Waals surface area contributed by atoms with Gasteiger partial charge >= 0.3 is 12.1 Å². The number of hydrogen-bond donors (Lipinski definition) is 3. The molecule has 0 bridgehead atoms. The van der Waals surface area contributed by atoms with E-state index in [-0.39, 0.29) is 18.9 Å². The zero-order valence-corrected chi connectivity index (χ0v) is 20.3. The average Bonchev–Trinajstić information content (AvgIpc) is 2.77. The standard InChI is InChI=1S/C25H37N3O6/c1-25(2,3)34-24(32)28-21(23(27)31)20(17-12-8-5-9-13-17)22(30)18(26)14-19(29)33-15-16-10-6-4-7-11-16/h4,6-7,10-11,17-18,20-21H,5,8-9,12-15,26H2,1-3H3,(H2,27,31)(H,28,32)/t18-,20?,21-/m0/s1. The van der Waals surface area contributed by atoms with Gasteiger partial charge < -0.3 is 26.3 Å².